The molecule has 0 saturated heterocycles. The van der Waals surface area contributed by atoms with Crippen molar-refractivity contribution < 1.29 is 19.4 Å². The van der Waals surface area contributed by atoms with Crippen LogP contribution >= 0.6 is 0 Å². The van der Waals surface area contributed by atoms with Crippen LogP contribution in [0.3, 0.4) is 0 Å². The van der Waals surface area contributed by atoms with Crippen molar-refractivity contribution in [1.29, 1.82) is 0 Å². The van der Waals surface area contributed by atoms with Gasteiger partial charge in [0, 0.05) is 17.0 Å². The number of nitrogens with zero attached hydrogens (tertiary/aromatic N) is 1. The molecule has 2 heterocycles. The molecule has 5 nitrogen and oxygen atoms in total. The number of phenolic OH excluding ortho intramolecular Hbond substituents is 2. The fourth-order valence-corrected chi connectivity index (χ4v) is 2.63. The van der Waals surface area contributed by atoms with Gasteiger partial charge in [0.25, 0.3) is 0 Å². The fraction of sp³-hybridized carbons (Fsp3) is 0.0625. The molecule has 0 atom stereocenters. The number of benzene rings is 2. The van der Waals surface area contributed by atoms with Crippen LogP contribution in [0.5, 0.6) is 17.2 Å². The summed E-state index contributed by atoms with van der Waals surface area (Å²) in [7, 11) is 0. The van der Waals surface area contributed by atoms with Gasteiger partial charge in [-0.1, -0.05) is 0 Å². The first-order valence-electron chi connectivity index (χ1n) is 6.29. The summed E-state index contributed by atoms with van der Waals surface area (Å²) in [5, 5.41) is 19.9. The maximum absolute atomic E-state index is 9.73. The molecule has 1 aliphatic heterocycles. The minimum absolute atomic E-state index is 0.0219. The first kappa shape index (κ1) is 11.7. The Labute approximate surface area is 119 Å². The number of rotatable bonds is 0. The Kier molecular flexibility index (Phi) is 2.19. The van der Waals surface area contributed by atoms with Crippen LogP contribution in [0, 0.1) is 6.57 Å². The number of fused-ring (bicyclic) bond motifs is 5. The van der Waals surface area contributed by atoms with Gasteiger partial charge in [-0.25, -0.2) is 4.85 Å². The largest absolute Gasteiger partial charge is 0.509 e. The number of ether oxygens (including phenoxy) is 1. The average Bonchev–Trinajstić information content (AvgIpc) is 2.84. The zero-order valence-corrected chi connectivity index (χ0v) is 10.8. The number of hydrogen-bond acceptors (Lipinski definition) is 4. The number of phenols is 2. The van der Waals surface area contributed by atoms with Crippen molar-refractivity contribution in [1.82, 2.24) is 0 Å². The molecule has 0 fully saturated rings. The van der Waals surface area contributed by atoms with E-state index in [9.17, 15) is 10.2 Å². The van der Waals surface area contributed by atoms with Gasteiger partial charge in [0.05, 0.1) is 12.1 Å². The molecule has 0 unspecified atom stereocenters. The smallest absolute Gasteiger partial charge is 0.233 e. The van der Waals surface area contributed by atoms with Gasteiger partial charge in [0.2, 0.25) is 5.69 Å². The third kappa shape index (κ3) is 1.56. The van der Waals surface area contributed by atoms with E-state index in [0.29, 0.717) is 22.5 Å². The van der Waals surface area contributed by atoms with Crippen LogP contribution in [0.1, 0.15) is 5.56 Å². The topological polar surface area (TPSA) is 67.2 Å². The predicted octanol–water partition coefficient (Wildman–Crippen LogP) is 3.95. The molecule has 3 aromatic rings. The van der Waals surface area contributed by atoms with Gasteiger partial charge in [-0.05, 0) is 24.3 Å². The summed E-state index contributed by atoms with van der Waals surface area (Å²) in [6.45, 7) is 7.46. The summed E-state index contributed by atoms with van der Waals surface area (Å²) in [6, 6.07) is 7.74. The highest BCUT2D eigenvalue weighted by atomic mass is 16.5. The van der Waals surface area contributed by atoms with Gasteiger partial charge < -0.3 is 19.4 Å². The van der Waals surface area contributed by atoms with Crippen molar-refractivity contribution in [3.8, 4) is 28.6 Å². The van der Waals surface area contributed by atoms with Crippen LogP contribution in [0.2, 0.25) is 0 Å². The van der Waals surface area contributed by atoms with E-state index in [2.05, 4.69) is 4.85 Å². The summed E-state index contributed by atoms with van der Waals surface area (Å²) >= 11 is 0. The molecule has 0 amide bonds. The van der Waals surface area contributed by atoms with Gasteiger partial charge in [0.1, 0.15) is 35.2 Å². The minimum Gasteiger partial charge on any atom is -0.509 e. The first-order chi connectivity index (χ1) is 10.2. The number of hydrogen-bond donors (Lipinski definition) is 2. The zero-order valence-electron chi connectivity index (χ0n) is 10.8. The van der Waals surface area contributed by atoms with Crippen molar-refractivity contribution in [3.05, 3.63) is 47.3 Å². The highest BCUT2D eigenvalue weighted by Gasteiger charge is 2.25. The molecule has 2 aromatic carbocycles. The lowest BCUT2D eigenvalue weighted by Crippen LogP contribution is -2.03. The van der Waals surface area contributed by atoms with E-state index in [1.54, 1.807) is 18.2 Å². The second-order valence-electron chi connectivity index (χ2n) is 4.83. The molecular formula is C16H9NO4. The second-order valence-corrected chi connectivity index (χ2v) is 4.83. The molecule has 0 radical (unpaired) electrons. The lowest BCUT2D eigenvalue weighted by molar-refractivity contribution is 0.298. The van der Waals surface area contributed by atoms with Gasteiger partial charge in [0.15, 0.2) is 0 Å². The molecule has 21 heavy (non-hydrogen) atoms. The molecule has 2 N–H and O–H groups in total. The number of aromatic hydroxyl groups is 2. The van der Waals surface area contributed by atoms with E-state index in [1.807, 2.05) is 0 Å². The van der Waals surface area contributed by atoms with Crippen LogP contribution in [-0.4, -0.2) is 10.2 Å². The van der Waals surface area contributed by atoms with Crippen molar-refractivity contribution in [2.24, 2.45) is 0 Å². The standard InChI is InChI=1S/C16H9NO4/c1-17-13-5-9(19)4-11-12-7-20-14-6-8(18)2-3-10(14)15(12)21-16(11)13/h2-6,18-19H,7H2. The lowest BCUT2D eigenvalue weighted by atomic mass is 10.0. The third-order valence-electron chi connectivity index (χ3n) is 3.56. The fourth-order valence-electron chi connectivity index (χ4n) is 2.63. The number of furan rings is 1. The Morgan fingerprint density at radius 2 is 1.95 bits per heavy atom. The SMILES string of the molecule is [C-]#[N+]c1cc(O)cc2c3c(oc12)-c1ccc(O)cc1OC3. The van der Waals surface area contributed by atoms with E-state index in [1.165, 1.54) is 12.1 Å². The van der Waals surface area contributed by atoms with Crippen LogP contribution in [0.25, 0.3) is 27.1 Å². The molecule has 5 heteroatoms. The van der Waals surface area contributed by atoms with Crippen molar-refractivity contribution in [2.75, 3.05) is 0 Å². The molecule has 102 valence electrons. The molecule has 0 spiro atoms. The predicted molar refractivity (Wildman–Crippen MR) is 75.6 cm³/mol. The molecule has 4 rings (SSSR count). The zero-order chi connectivity index (χ0) is 14.6. The Balaban J connectivity index is 2.08. The highest BCUT2D eigenvalue weighted by Crippen LogP contribution is 2.46. The summed E-state index contributed by atoms with van der Waals surface area (Å²) in [6.07, 6.45) is 0. The molecule has 1 aliphatic rings. The summed E-state index contributed by atoms with van der Waals surface area (Å²) < 4.78 is 11.5. The quantitative estimate of drug-likeness (QED) is 0.611. The second kappa shape index (κ2) is 3.93. The van der Waals surface area contributed by atoms with Gasteiger partial charge in [-0.2, -0.15) is 0 Å². The van der Waals surface area contributed by atoms with Gasteiger partial charge in [-0.3, -0.25) is 0 Å². The maximum Gasteiger partial charge on any atom is 0.233 e. The Bertz CT molecular complexity index is 934. The first-order valence-corrected chi connectivity index (χ1v) is 6.29. The van der Waals surface area contributed by atoms with E-state index in [0.717, 1.165) is 11.1 Å². The molecule has 0 aliphatic carbocycles. The van der Waals surface area contributed by atoms with Crippen molar-refractivity contribution >= 4 is 16.7 Å². The summed E-state index contributed by atoms with van der Waals surface area (Å²) in [4.78, 5) is 3.39. The third-order valence-corrected chi connectivity index (χ3v) is 3.56. The molecule has 0 saturated carbocycles. The summed E-state index contributed by atoms with van der Waals surface area (Å²) in [5.74, 6) is 1.29. The van der Waals surface area contributed by atoms with E-state index in [4.69, 9.17) is 15.7 Å². The van der Waals surface area contributed by atoms with Crippen LogP contribution in [-0.2, 0) is 6.61 Å². The van der Waals surface area contributed by atoms with Crippen molar-refractivity contribution in [2.45, 2.75) is 6.61 Å². The Morgan fingerprint density at radius 3 is 2.76 bits per heavy atom. The monoisotopic (exact) mass is 279 g/mol. The van der Waals surface area contributed by atoms with Crippen LogP contribution < -0.4 is 4.74 Å². The van der Waals surface area contributed by atoms with E-state index in [-0.39, 0.29) is 23.8 Å². The molecule has 0 bridgehead atoms. The molecule has 1 aromatic heterocycles. The van der Waals surface area contributed by atoms with Gasteiger partial charge >= 0.3 is 0 Å². The van der Waals surface area contributed by atoms with Crippen LogP contribution in [0.15, 0.2) is 34.7 Å². The van der Waals surface area contributed by atoms with E-state index < -0.39 is 0 Å². The highest BCUT2D eigenvalue weighted by molar-refractivity contribution is 5.98. The Hall–Kier alpha value is -3.13. The average molecular weight is 279 g/mol. The van der Waals surface area contributed by atoms with Crippen LogP contribution in [0.4, 0.5) is 5.69 Å². The maximum atomic E-state index is 9.73. The summed E-state index contributed by atoms with van der Waals surface area (Å²) in [5.41, 5.74) is 2.22. The van der Waals surface area contributed by atoms with E-state index >= 15 is 0 Å². The minimum atomic E-state index is 0.0219. The van der Waals surface area contributed by atoms with Gasteiger partial charge in [-0.15, -0.1) is 0 Å². The van der Waals surface area contributed by atoms with Crippen molar-refractivity contribution in [3.63, 3.8) is 0 Å². The molecular weight excluding hydrogens is 270 g/mol. The normalized spacial score (nSPS) is 12.3. The lowest BCUT2D eigenvalue weighted by Gasteiger charge is -2.16. The Morgan fingerprint density at radius 1 is 1.10 bits per heavy atom.